The van der Waals surface area contributed by atoms with Crippen molar-refractivity contribution < 1.29 is 14.1 Å². The van der Waals surface area contributed by atoms with E-state index in [1.165, 1.54) is 11.3 Å². The Morgan fingerprint density at radius 3 is 2.85 bits per heavy atom. The monoisotopic (exact) mass is 580 g/mol. The van der Waals surface area contributed by atoms with E-state index in [0.29, 0.717) is 30.1 Å². The van der Waals surface area contributed by atoms with Crippen LogP contribution in [0.15, 0.2) is 81.9 Å². The van der Waals surface area contributed by atoms with Gasteiger partial charge in [-0.1, -0.05) is 35.9 Å². The molecule has 1 saturated heterocycles. The molecule has 2 aromatic carbocycles. The van der Waals surface area contributed by atoms with E-state index in [9.17, 15) is 14.1 Å². The molecule has 3 aliphatic heterocycles. The second kappa shape index (κ2) is 11.0. The molecule has 1 amide bonds. The standard InChI is InChI=1S/C29H29ClN4O3S2/c1-33-16-20(27(36)31-15-18-8-10-21(30)11-9-18)13-19-14-22(39(37)29(19)33)17-34-12-4-6-24(34)26(35)28-32-23-5-2-3-7-25(23)38-28/h2-3,5,7-11,14,16,24,26,35H,4,6,12-13,15,17H2,1H3,(H,31,36)/t24-,26-,39?/m1/s1. The summed E-state index contributed by atoms with van der Waals surface area (Å²) >= 11 is 7.48. The van der Waals surface area contributed by atoms with Crippen LogP contribution in [0.3, 0.4) is 0 Å². The summed E-state index contributed by atoms with van der Waals surface area (Å²) in [5.74, 6) is -0.144. The SMILES string of the molecule is CN1C=C(C(=O)NCc2ccc(Cl)cc2)CC2=C1S(=O)C(CN1CCC[C@@H]1[C@@H](O)c1nc3ccccc3s1)=C2. The number of nitrogens with one attached hydrogen (secondary N) is 1. The van der Waals surface area contributed by atoms with Gasteiger partial charge in [0, 0.05) is 54.3 Å². The summed E-state index contributed by atoms with van der Waals surface area (Å²) in [5, 5.41) is 16.4. The number of thiazole rings is 1. The first-order chi connectivity index (χ1) is 18.9. The lowest BCUT2D eigenvalue weighted by atomic mass is 10.0. The average Bonchev–Trinajstić information content (AvgIpc) is 3.65. The van der Waals surface area contributed by atoms with Crippen LogP contribution in [-0.4, -0.2) is 56.2 Å². The number of aliphatic hydroxyl groups is 1. The van der Waals surface area contributed by atoms with Crippen LogP contribution < -0.4 is 5.32 Å². The molecule has 4 heterocycles. The first-order valence-corrected chi connectivity index (χ1v) is 15.3. The van der Waals surface area contributed by atoms with Gasteiger partial charge in [0.15, 0.2) is 0 Å². The first-order valence-electron chi connectivity index (χ1n) is 13.0. The van der Waals surface area contributed by atoms with Gasteiger partial charge in [-0.2, -0.15) is 0 Å². The molecule has 0 spiro atoms. The molecule has 1 fully saturated rings. The molecule has 202 valence electrons. The van der Waals surface area contributed by atoms with Crippen molar-refractivity contribution in [1.82, 2.24) is 20.1 Å². The molecule has 0 saturated carbocycles. The van der Waals surface area contributed by atoms with Crippen molar-refractivity contribution in [3.05, 3.63) is 97.5 Å². The van der Waals surface area contributed by atoms with Gasteiger partial charge in [0.2, 0.25) is 5.91 Å². The van der Waals surface area contributed by atoms with E-state index in [0.717, 1.165) is 55.7 Å². The van der Waals surface area contributed by atoms with E-state index >= 15 is 0 Å². The number of aliphatic hydroxyl groups excluding tert-OH is 1. The Kier molecular flexibility index (Phi) is 7.43. The molecule has 2 N–H and O–H groups in total. The minimum atomic E-state index is -1.31. The van der Waals surface area contributed by atoms with Crippen LogP contribution in [0.4, 0.5) is 0 Å². The number of nitrogens with zero attached hydrogens (tertiary/aromatic N) is 3. The summed E-state index contributed by atoms with van der Waals surface area (Å²) in [6.45, 7) is 1.75. The van der Waals surface area contributed by atoms with Crippen molar-refractivity contribution in [2.24, 2.45) is 0 Å². The molecule has 0 aliphatic carbocycles. The highest BCUT2D eigenvalue weighted by Gasteiger charge is 2.37. The third-order valence-corrected chi connectivity index (χ3v) is 10.4. The van der Waals surface area contributed by atoms with Gasteiger partial charge in [0.05, 0.1) is 21.0 Å². The normalized spacial score (nSPS) is 22.2. The number of carbonyl (C=O) groups is 1. The number of hydrogen-bond donors (Lipinski definition) is 2. The lowest BCUT2D eigenvalue weighted by Gasteiger charge is -2.28. The topological polar surface area (TPSA) is 85.8 Å². The lowest BCUT2D eigenvalue weighted by molar-refractivity contribution is -0.117. The molecular weight excluding hydrogens is 552 g/mol. The van der Waals surface area contributed by atoms with E-state index in [1.807, 2.05) is 54.4 Å². The molecule has 1 aromatic heterocycles. The Bertz CT molecular complexity index is 1510. The van der Waals surface area contributed by atoms with Crippen molar-refractivity contribution in [2.75, 3.05) is 20.1 Å². The third-order valence-electron chi connectivity index (χ3n) is 7.43. The molecule has 39 heavy (non-hydrogen) atoms. The average molecular weight is 581 g/mol. The third kappa shape index (κ3) is 5.34. The molecule has 3 atom stereocenters. The maximum absolute atomic E-state index is 13.5. The van der Waals surface area contributed by atoms with Crippen LogP contribution in [-0.2, 0) is 22.1 Å². The number of rotatable bonds is 7. The Hall–Kier alpha value is -2.82. The molecule has 0 radical (unpaired) electrons. The molecule has 10 heteroatoms. The van der Waals surface area contributed by atoms with E-state index < -0.39 is 16.9 Å². The van der Waals surface area contributed by atoms with Crippen molar-refractivity contribution in [3.8, 4) is 0 Å². The molecule has 6 rings (SSSR count). The second-order valence-corrected chi connectivity index (χ2v) is 13.1. The Morgan fingerprint density at radius 2 is 2.05 bits per heavy atom. The van der Waals surface area contributed by atoms with Crippen molar-refractivity contribution in [3.63, 3.8) is 0 Å². The maximum Gasteiger partial charge on any atom is 0.249 e. The highest BCUT2D eigenvalue weighted by Crippen LogP contribution is 2.39. The number of benzene rings is 2. The molecule has 3 aromatic rings. The lowest BCUT2D eigenvalue weighted by Crippen LogP contribution is -2.36. The van der Waals surface area contributed by atoms with Crippen LogP contribution in [0, 0.1) is 0 Å². The van der Waals surface area contributed by atoms with Gasteiger partial charge < -0.3 is 15.3 Å². The van der Waals surface area contributed by atoms with Crippen LogP contribution in [0.1, 0.15) is 35.9 Å². The minimum Gasteiger partial charge on any atom is -0.384 e. The Balaban J connectivity index is 1.12. The predicted octanol–water partition coefficient (Wildman–Crippen LogP) is 4.84. The zero-order valence-electron chi connectivity index (χ0n) is 21.5. The van der Waals surface area contributed by atoms with Gasteiger partial charge in [-0.15, -0.1) is 11.3 Å². The minimum absolute atomic E-state index is 0.0776. The van der Waals surface area contributed by atoms with Crippen LogP contribution in [0.2, 0.25) is 5.02 Å². The summed E-state index contributed by atoms with van der Waals surface area (Å²) in [5.41, 5.74) is 3.41. The molecule has 3 aliphatic rings. The predicted molar refractivity (Wildman–Crippen MR) is 156 cm³/mol. The highest BCUT2D eigenvalue weighted by atomic mass is 35.5. The molecule has 0 bridgehead atoms. The summed E-state index contributed by atoms with van der Waals surface area (Å²) in [6, 6.07) is 15.2. The van der Waals surface area contributed by atoms with Crippen LogP contribution >= 0.6 is 22.9 Å². The highest BCUT2D eigenvalue weighted by molar-refractivity contribution is 7.93. The number of allylic oxidation sites excluding steroid dienone is 2. The van der Waals surface area contributed by atoms with Gasteiger partial charge in [-0.05, 0) is 60.9 Å². The maximum atomic E-state index is 13.5. The fraction of sp³-hybridized carbons (Fsp3) is 0.310. The fourth-order valence-corrected chi connectivity index (χ4v) is 8.11. The number of para-hydroxylation sites is 1. The smallest absolute Gasteiger partial charge is 0.249 e. The number of carbonyl (C=O) groups excluding carboxylic acids is 1. The Labute approximate surface area is 238 Å². The molecule has 1 unspecified atom stereocenters. The summed E-state index contributed by atoms with van der Waals surface area (Å²) in [7, 11) is 0.528. The van der Waals surface area contributed by atoms with Crippen LogP contribution in [0.5, 0.6) is 0 Å². The zero-order valence-corrected chi connectivity index (χ0v) is 23.9. The second-order valence-electron chi connectivity index (χ2n) is 10.1. The van der Waals surface area contributed by atoms with Gasteiger partial charge >= 0.3 is 0 Å². The zero-order chi connectivity index (χ0) is 27.1. The van der Waals surface area contributed by atoms with Crippen molar-refractivity contribution in [2.45, 2.75) is 38.0 Å². The van der Waals surface area contributed by atoms with Crippen molar-refractivity contribution in [1.29, 1.82) is 0 Å². The van der Waals surface area contributed by atoms with Gasteiger partial charge in [0.1, 0.15) is 16.1 Å². The first kappa shape index (κ1) is 26.4. The van der Waals surface area contributed by atoms with Crippen molar-refractivity contribution >= 4 is 49.9 Å². The number of aromatic nitrogens is 1. The van der Waals surface area contributed by atoms with Crippen LogP contribution in [0.25, 0.3) is 10.2 Å². The largest absolute Gasteiger partial charge is 0.384 e. The number of halogens is 1. The number of amides is 1. The summed E-state index contributed by atoms with van der Waals surface area (Å²) in [4.78, 5) is 22.5. The van der Waals surface area contributed by atoms with Gasteiger partial charge in [0.25, 0.3) is 0 Å². The summed E-state index contributed by atoms with van der Waals surface area (Å²) in [6.07, 6.45) is 5.34. The van der Waals surface area contributed by atoms with E-state index in [4.69, 9.17) is 11.6 Å². The number of fused-ring (bicyclic) bond motifs is 1. The summed E-state index contributed by atoms with van der Waals surface area (Å²) < 4.78 is 14.6. The fourth-order valence-electron chi connectivity index (χ4n) is 5.51. The number of hydrogen-bond acceptors (Lipinski definition) is 7. The Morgan fingerprint density at radius 1 is 1.26 bits per heavy atom. The number of likely N-dealkylation sites (tertiary alicyclic amines) is 1. The van der Waals surface area contributed by atoms with E-state index in [2.05, 4.69) is 15.2 Å². The van der Waals surface area contributed by atoms with Gasteiger partial charge in [-0.25, -0.2) is 9.19 Å². The van der Waals surface area contributed by atoms with E-state index in [1.54, 1.807) is 18.3 Å². The molecular formula is C29H29ClN4O3S2. The van der Waals surface area contributed by atoms with Gasteiger partial charge in [-0.3, -0.25) is 9.69 Å². The quantitative estimate of drug-likeness (QED) is 0.416. The molecule has 7 nitrogen and oxygen atoms in total. The van der Waals surface area contributed by atoms with E-state index in [-0.39, 0.29) is 11.9 Å².